The van der Waals surface area contributed by atoms with Crippen molar-refractivity contribution < 1.29 is 4.42 Å². The number of furan rings is 1. The van der Waals surface area contributed by atoms with E-state index in [2.05, 4.69) is 181 Å². The Labute approximate surface area is 311 Å². The average Bonchev–Trinajstić information content (AvgIpc) is 3.83. The second kappa shape index (κ2) is 13.1. The fourth-order valence-corrected chi connectivity index (χ4v) is 8.32. The molecule has 0 atom stereocenters. The molecule has 0 aliphatic rings. The van der Waals surface area contributed by atoms with Crippen LogP contribution in [-0.4, -0.2) is 4.98 Å². The average molecular weight is 697 g/mol. The van der Waals surface area contributed by atoms with Gasteiger partial charge in [-0.2, -0.15) is 0 Å². The van der Waals surface area contributed by atoms with Crippen LogP contribution in [0.25, 0.3) is 76.1 Å². The van der Waals surface area contributed by atoms with Gasteiger partial charge < -0.3 is 9.32 Å². The Kier molecular flexibility index (Phi) is 7.67. The van der Waals surface area contributed by atoms with Crippen molar-refractivity contribution in [3.63, 3.8) is 0 Å². The van der Waals surface area contributed by atoms with Gasteiger partial charge in [-0.05, 0) is 76.3 Å². The highest BCUT2D eigenvalue weighted by atomic mass is 32.1. The number of aromatic nitrogens is 1. The topological polar surface area (TPSA) is 29.3 Å². The smallest absolute Gasteiger partial charge is 0.145 e. The van der Waals surface area contributed by atoms with E-state index in [1.807, 2.05) is 18.2 Å². The molecule has 8 aromatic carbocycles. The molecular weight excluding hydrogens is 665 g/mol. The predicted octanol–water partition coefficient (Wildman–Crippen LogP) is 14.3. The highest BCUT2D eigenvalue weighted by molar-refractivity contribution is 7.21. The van der Waals surface area contributed by atoms with Gasteiger partial charge in [-0.3, -0.25) is 0 Å². The van der Waals surface area contributed by atoms with Crippen molar-refractivity contribution >= 4 is 60.6 Å². The van der Waals surface area contributed by atoms with Crippen molar-refractivity contribution in [2.24, 2.45) is 0 Å². The molecule has 0 fully saturated rings. The molecule has 0 saturated carbocycles. The van der Waals surface area contributed by atoms with Crippen LogP contribution in [0, 0.1) is 0 Å². The molecule has 0 unspecified atom stereocenters. The molecule has 250 valence electrons. The first-order chi connectivity index (χ1) is 26.3. The summed E-state index contributed by atoms with van der Waals surface area (Å²) in [6.07, 6.45) is 0. The summed E-state index contributed by atoms with van der Waals surface area (Å²) in [6, 6.07) is 68.4. The summed E-state index contributed by atoms with van der Waals surface area (Å²) in [4.78, 5) is 7.62. The van der Waals surface area contributed by atoms with Crippen LogP contribution in [0.1, 0.15) is 0 Å². The lowest BCUT2D eigenvalue weighted by Crippen LogP contribution is -2.09. The highest BCUT2D eigenvalue weighted by Gasteiger charge is 2.21. The summed E-state index contributed by atoms with van der Waals surface area (Å²) in [5.74, 6) is 0. The van der Waals surface area contributed by atoms with E-state index in [1.54, 1.807) is 11.3 Å². The molecule has 10 aromatic rings. The van der Waals surface area contributed by atoms with Gasteiger partial charge in [-0.1, -0.05) is 146 Å². The van der Waals surface area contributed by atoms with Gasteiger partial charge >= 0.3 is 0 Å². The number of para-hydroxylation sites is 2. The maximum Gasteiger partial charge on any atom is 0.145 e. The van der Waals surface area contributed by atoms with Crippen LogP contribution in [0.4, 0.5) is 17.1 Å². The fraction of sp³-hybridized carbons (Fsp3) is 0. The molecule has 3 nitrogen and oxygen atoms in total. The van der Waals surface area contributed by atoms with Crippen LogP contribution >= 0.6 is 11.3 Å². The lowest BCUT2D eigenvalue weighted by Gasteiger charge is -2.26. The Morgan fingerprint density at radius 2 is 0.887 bits per heavy atom. The zero-order chi connectivity index (χ0) is 35.1. The fourth-order valence-electron chi connectivity index (χ4n) is 7.30. The SMILES string of the molecule is c1ccc(-c2ccc(-c3nc4c(-c5ccc(N(c6ccccc6)c6ccc(-c7ccccc7)cc6)cc5)c5oc6ccccc6c5cc4s3)cc2)cc1. The minimum absolute atomic E-state index is 0.860. The van der Waals surface area contributed by atoms with Crippen molar-refractivity contribution in [2.75, 3.05) is 4.90 Å². The molecule has 0 radical (unpaired) electrons. The molecule has 2 aromatic heterocycles. The molecule has 2 heterocycles. The number of rotatable bonds is 7. The molecule has 0 aliphatic heterocycles. The van der Waals surface area contributed by atoms with E-state index in [0.29, 0.717) is 0 Å². The van der Waals surface area contributed by atoms with Gasteiger partial charge in [0, 0.05) is 33.4 Å². The first-order valence-corrected chi connectivity index (χ1v) is 18.6. The Bertz CT molecular complexity index is 2840. The van der Waals surface area contributed by atoms with Gasteiger partial charge in [-0.25, -0.2) is 4.98 Å². The summed E-state index contributed by atoms with van der Waals surface area (Å²) in [7, 11) is 0. The minimum atomic E-state index is 0.860. The Morgan fingerprint density at radius 3 is 1.51 bits per heavy atom. The lowest BCUT2D eigenvalue weighted by atomic mass is 10.00. The first kappa shape index (κ1) is 31.0. The van der Waals surface area contributed by atoms with Gasteiger partial charge in [0.1, 0.15) is 16.2 Å². The minimum Gasteiger partial charge on any atom is -0.455 e. The van der Waals surface area contributed by atoms with E-state index in [4.69, 9.17) is 9.40 Å². The van der Waals surface area contributed by atoms with Crippen LogP contribution in [0.3, 0.4) is 0 Å². The number of nitrogens with zero attached hydrogens (tertiary/aromatic N) is 2. The Balaban J connectivity index is 1.08. The van der Waals surface area contributed by atoms with Gasteiger partial charge in [0.05, 0.1) is 15.8 Å². The van der Waals surface area contributed by atoms with Crippen LogP contribution in [0.15, 0.2) is 199 Å². The molecule has 53 heavy (non-hydrogen) atoms. The standard InChI is InChI=1S/C49H32N2OS/c1-4-12-33(13-5-1)35-20-22-38(23-21-35)49-50-47-45(53-49)32-43-42-18-10-11-19-44(42)52-48(43)46(47)37-26-30-41(31-27-37)51(39-16-8-3-9-17-39)40-28-24-36(25-29-40)34-14-6-2-7-15-34/h1-32H. The van der Waals surface area contributed by atoms with E-state index in [0.717, 1.165) is 70.9 Å². The van der Waals surface area contributed by atoms with Crippen molar-refractivity contribution in [3.05, 3.63) is 194 Å². The van der Waals surface area contributed by atoms with Crippen molar-refractivity contribution in [1.82, 2.24) is 4.98 Å². The van der Waals surface area contributed by atoms with Crippen LogP contribution in [0.5, 0.6) is 0 Å². The summed E-state index contributed by atoms with van der Waals surface area (Å²) < 4.78 is 7.78. The maximum atomic E-state index is 6.64. The normalized spacial score (nSPS) is 11.4. The Morgan fingerprint density at radius 1 is 0.415 bits per heavy atom. The molecule has 0 amide bonds. The van der Waals surface area contributed by atoms with Crippen LogP contribution in [-0.2, 0) is 0 Å². The van der Waals surface area contributed by atoms with Crippen LogP contribution < -0.4 is 4.90 Å². The van der Waals surface area contributed by atoms with Crippen molar-refractivity contribution in [1.29, 1.82) is 0 Å². The predicted molar refractivity (Wildman–Crippen MR) is 223 cm³/mol. The maximum absolute atomic E-state index is 6.64. The number of anilines is 3. The molecule has 0 saturated heterocycles. The van der Waals surface area contributed by atoms with Gasteiger partial charge in [0.15, 0.2) is 0 Å². The molecule has 0 bridgehead atoms. The number of thiazole rings is 1. The third kappa shape index (κ3) is 5.66. The van der Waals surface area contributed by atoms with Gasteiger partial charge in [-0.15, -0.1) is 11.3 Å². The lowest BCUT2D eigenvalue weighted by molar-refractivity contribution is 0.670. The number of benzene rings is 8. The monoisotopic (exact) mass is 696 g/mol. The summed E-state index contributed by atoms with van der Waals surface area (Å²) in [5.41, 5.74) is 13.9. The highest BCUT2D eigenvalue weighted by Crippen LogP contribution is 2.45. The van der Waals surface area contributed by atoms with Crippen LogP contribution in [0.2, 0.25) is 0 Å². The van der Waals surface area contributed by atoms with Gasteiger partial charge in [0.2, 0.25) is 0 Å². The molecule has 4 heteroatoms. The van der Waals surface area contributed by atoms with Gasteiger partial charge in [0.25, 0.3) is 0 Å². The second-order valence-corrected chi connectivity index (χ2v) is 14.2. The van der Waals surface area contributed by atoms with Crippen molar-refractivity contribution in [3.8, 4) is 44.0 Å². The van der Waals surface area contributed by atoms with E-state index >= 15 is 0 Å². The van der Waals surface area contributed by atoms with E-state index in [1.165, 1.54) is 22.3 Å². The van der Waals surface area contributed by atoms with E-state index in [-0.39, 0.29) is 0 Å². The number of fused-ring (bicyclic) bond motifs is 4. The summed E-state index contributed by atoms with van der Waals surface area (Å²) in [5, 5.41) is 3.20. The Hall–Kier alpha value is -6.75. The molecule has 0 spiro atoms. The van der Waals surface area contributed by atoms with E-state index < -0.39 is 0 Å². The summed E-state index contributed by atoms with van der Waals surface area (Å²) in [6.45, 7) is 0. The largest absolute Gasteiger partial charge is 0.455 e. The second-order valence-electron chi connectivity index (χ2n) is 13.2. The van der Waals surface area contributed by atoms with Crippen molar-refractivity contribution in [2.45, 2.75) is 0 Å². The zero-order valence-electron chi connectivity index (χ0n) is 28.7. The number of hydrogen-bond acceptors (Lipinski definition) is 4. The molecular formula is C49H32N2OS. The molecule has 0 N–H and O–H groups in total. The third-order valence-corrected chi connectivity index (χ3v) is 11.0. The summed E-state index contributed by atoms with van der Waals surface area (Å²) >= 11 is 1.73. The molecule has 10 rings (SSSR count). The zero-order valence-corrected chi connectivity index (χ0v) is 29.5. The quantitative estimate of drug-likeness (QED) is 0.166. The number of hydrogen-bond donors (Lipinski definition) is 0. The molecule has 0 aliphatic carbocycles. The van der Waals surface area contributed by atoms with E-state index in [9.17, 15) is 0 Å². The third-order valence-electron chi connectivity index (χ3n) is 9.93. The first-order valence-electron chi connectivity index (χ1n) is 17.8.